The zero-order valence-corrected chi connectivity index (χ0v) is 10.3. The second-order valence-corrected chi connectivity index (χ2v) is 4.42. The van der Waals surface area contributed by atoms with E-state index in [1.165, 1.54) is 0 Å². The van der Waals surface area contributed by atoms with Crippen LogP contribution in [0, 0.1) is 11.3 Å². The minimum Gasteiger partial charge on any atom is -0.263 e. The van der Waals surface area contributed by atoms with Crippen molar-refractivity contribution in [3.63, 3.8) is 0 Å². The van der Waals surface area contributed by atoms with Crippen LogP contribution in [-0.4, -0.2) is 4.98 Å². The van der Waals surface area contributed by atoms with Crippen molar-refractivity contribution in [3.8, 4) is 6.07 Å². The van der Waals surface area contributed by atoms with Gasteiger partial charge in [-0.1, -0.05) is 35.3 Å². The summed E-state index contributed by atoms with van der Waals surface area (Å²) in [5, 5.41) is 10.4. The predicted molar refractivity (Wildman–Crippen MR) is 68.2 cm³/mol. The topological polar surface area (TPSA) is 36.7 Å². The van der Waals surface area contributed by atoms with Gasteiger partial charge in [-0.05, 0) is 29.3 Å². The number of benzene rings is 1. The lowest BCUT2D eigenvalue weighted by Gasteiger charge is -2.09. The number of halogens is 2. The molecule has 0 radical (unpaired) electrons. The lowest BCUT2D eigenvalue weighted by molar-refractivity contribution is 1.02. The number of hydrogen-bond acceptors (Lipinski definition) is 2. The number of aromatic nitrogens is 1. The summed E-state index contributed by atoms with van der Waals surface area (Å²) in [5.41, 5.74) is 1.66. The standard InChI is InChI=1S/C13H8Cl2N2/c14-11-3-1-9(2-4-11)13(6-16)10-5-12(15)8-17-7-10/h1-5,7-8,13H. The molecule has 1 atom stereocenters. The third kappa shape index (κ3) is 2.76. The fourth-order valence-electron chi connectivity index (χ4n) is 1.58. The molecule has 0 fully saturated rings. The quantitative estimate of drug-likeness (QED) is 0.819. The second-order valence-electron chi connectivity index (χ2n) is 3.55. The Balaban J connectivity index is 2.41. The molecule has 1 unspecified atom stereocenters. The maximum Gasteiger partial charge on any atom is 0.0978 e. The molecule has 4 heteroatoms. The highest BCUT2D eigenvalue weighted by Gasteiger charge is 2.13. The first kappa shape index (κ1) is 11.9. The molecule has 1 heterocycles. The molecule has 0 amide bonds. The highest BCUT2D eigenvalue weighted by Crippen LogP contribution is 2.26. The first-order valence-electron chi connectivity index (χ1n) is 4.96. The first-order chi connectivity index (χ1) is 8.20. The van der Waals surface area contributed by atoms with E-state index in [0.717, 1.165) is 11.1 Å². The maximum absolute atomic E-state index is 9.24. The Morgan fingerprint density at radius 1 is 1.00 bits per heavy atom. The molecule has 0 saturated heterocycles. The molecule has 17 heavy (non-hydrogen) atoms. The second kappa shape index (κ2) is 5.18. The molecule has 0 aliphatic carbocycles. The van der Waals surface area contributed by atoms with Crippen molar-refractivity contribution < 1.29 is 0 Å². The van der Waals surface area contributed by atoms with Gasteiger partial charge in [-0.15, -0.1) is 0 Å². The SMILES string of the molecule is N#CC(c1ccc(Cl)cc1)c1cncc(Cl)c1. The van der Waals surface area contributed by atoms with Crippen molar-refractivity contribution in [2.45, 2.75) is 5.92 Å². The van der Waals surface area contributed by atoms with E-state index in [1.807, 2.05) is 12.1 Å². The van der Waals surface area contributed by atoms with E-state index < -0.39 is 0 Å². The number of nitriles is 1. The molecule has 2 nitrogen and oxygen atoms in total. The van der Waals surface area contributed by atoms with Crippen LogP contribution in [0.25, 0.3) is 0 Å². The first-order valence-corrected chi connectivity index (χ1v) is 5.72. The molecule has 0 spiro atoms. The van der Waals surface area contributed by atoms with E-state index in [9.17, 15) is 5.26 Å². The van der Waals surface area contributed by atoms with Gasteiger partial charge >= 0.3 is 0 Å². The van der Waals surface area contributed by atoms with Crippen molar-refractivity contribution in [2.75, 3.05) is 0 Å². The minimum absolute atomic E-state index is 0.376. The van der Waals surface area contributed by atoms with Crippen LogP contribution in [0.3, 0.4) is 0 Å². The fourth-order valence-corrected chi connectivity index (χ4v) is 1.89. The summed E-state index contributed by atoms with van der Waals surface area (Å²) in [6.45, 7) is 0. The minimum atomic E-state index is -0.376. The van der Waals surface area contributed by atoms with Crippen molar-refractivity contribution in [1.82, 2.24) is 4.98 Å². The third-order valence-corrected chi connectivity index (χ3v) is 2.85. The molecule has 2 aromatic rings. The third-order valence-electron chi connectivity index (χ3n) is 2.39. The van der Waals surface area contributed by atoms with E-state index in [1.54, 1.807) is 30.6 Å². The van der Waals surface area contributed by atoms with E-state index in [2.05, 4.69) is 11.1 Å². The van der Waals surface area contributed by atoms with Gasteiger partial charge in [0.05, 0.1) is 17.0 Å². The molecule has 2 rings (SSSR count). The summed E-state index contributed by atoms with van der Waals surface area (Å²) in [5.74, 6) is -0.376. The molecule has 1 aromatic carbocycles. The fraction of sp³-hybridized carbons (Fsp3) is 0.0769. The lowest BCUT2D eigenvalue weighted by atomic mass is 9.94. The van der Waals surface area contributed by atoms with Crippen molar-refractivity contribution in [1.29, 1.82) is 5.26 Å². The Bertz CT molecular complexity index is 558. The van der Waals surface area contributed by atoms with E-state index in [-0.39, 0.29) is 5.92 Å². The number of nitrogens with zero attached hydrogens (tertiary/aromatic N) is 2. The van der Waals surface area contributed by atoms with E-state index in [0.29, 0.717) is 10.0 Å². The molecular formula is C13H8Cl2N2. The summed E-state index contributed by atoms with van der Waals surface area (Å²) in [4.78, 5) is 3.99. The van der Waals surface area contributed by atoms with Crippen molar-refractivity contribution in [3.05, 3.63) is 63.9 Å². The Morgan fingerprint density at radius 3 is 2.29 bits per heavy atom. The van der Waals surface area contributed by atoms with Gasteiger partial charge in [-0.3, -0.25) is 4.98 Å². The van der Waals surface area contributed by atoms with E-state index in [4.69, 9.17) is 23.2 Å². The van der Waals surface area contributed by atoms with Gasteiger partial charge < -0.3 is 0 Å². The predicted octanol–water partition coefficient (Wildman–Crippen LogP) is 4.04. The number of pyridine rings is 1. The zero-order valence-electron chi connectivity index (χ0n) is 8.77. The highest BCUT2D eigenvalue weighted by molar-refractivity contribution is 6.30. The Kier molecular flexibility index (Phi) is 3.63. The largest absolute Gasteiger partial charge is 0.263 e. The molecular weight excluding hydrogens is 255 g/mol. The maximum atomic E-state index is 9.24. The average molecular weight is 263 g/mol. The monoisotopic (exact) mass is 262 g/mol. The summed E-state index contributed by atoms with van der Waals surface area (Å²) in [6, 6.07) is 11.2. The van der Waals surface area contributed by atoms with Crippen LogP contribution < -0.4 is 0 Å². The Hall–Kier alpha value is -1.56. The van der Waals surface area contributed by atoms with Crippen LogP contribution >= 0.6 is 23.2 Å². The molecule has 0 aliphatic heterocycles. The molecule has 84 valence electrons. The van der Waals surface area contributed by atoms with Crippen molar-refractivity contribution >= 4 is 23.2 Å². The molecule has 0 N–H and O–H groups in total. The van der Waals surface area contributed by atoms with Gasteiger partial charge in [0, 0.05) is 17.4 Å². The van der Waals surface area contributed by atoms with Crippen LogP contribution in [-0.2, 0) is 0 Å². The summed E-state index contributed by atoms with van der Waals surface area (Å²) in [7, 11) is 0. The summed E-state index contributed by atoms with van der Waals surface area (Å²) in [6.07, 6.45) is 3.19. The van der Waals surface area contributed by atoms with Crippen LogP contribution in [0.5, 0.6) is 0 Å². The van der Waals surface area contributed by atoms with Gasteiger partial charge in [0.1, 0.15) is 0 Å². The Morgan fingerprint density at radius 2 is 1.71 bits per heavy atom. The summed E-state index contributed by atoms with van der Waals surface area (Å²) >= 11 is 11.7. The van der Waals surface area contributed by atoms with Crippen molar-refractivity contribution in [2.24, 2.45) is 0 Å². The van der Waals surface area contributed by atoms with Gasteiger partial charge in [0.25, 0.3) is 0 Å². The molecule has 0 saturated carbocycles. The van der Waals surface area contributed by atoms with Gasteiger partial charge in [0.15, 0.2) is 0 Å². The lowest BCUT2D eigenvalue weighted by Crippen LogP contribution is -1.98. The number of hydrogen-bond donors (Lipinski definition) is 0. The van der Waals surface area contributed by atoms with Crippen LogP contribution in [0.1, 0.15) is 17.0 Å². The smallest absolute Gasteiger partial charge is 0.0978 e. The van der Waals surface area contributed by atoms with Crippen LogP contribution in [0.15, 0.2) is 42.7 Å². The van der Waals surface area contributed by atoms with Gasteiger partial charge in [-0.2, -0.15) is 5.26 Å². The molecule has 0 bridgehead atoms. The van der Waals surface area contributed by atoms with Gasteiger partial charge in [-0.25, -0.2) is 0 Å². The number of rotatable bonds is 2. The summed E-state index contributed by atoms with van der Waals surface area (Å²) < 4.78 is 0. The highest BCUT2D eigenvalue weighted by atomic mass is 35.5. The zero-order chi connectivity index (χ0) is 12.3. The Labute approximate surface area is 109 Å². The molecule has 0 aliphatic rings. The normalized spacial score (nSPS) is 11.8. The van der Waals surface area contributed by atoms with Crippen LogP contribution in [0.2, 0.25) is 10.0 Å². The van der Waals surface area contributed by atoms with E-state index >= 15 is 0 Å². The van der Waals surface area contributed by atoms with Crippen LogP contribution in [0.4, 0.5) is 0 Å². The van der Waals surface area contributed by atoms with Gasteiger partial charge in [0.2, 0.25) is 0 Å². The molecule has 1 aromatic heterocycles. The average Bonchev–Trinajstić information content (AvgIpc) is 2.33.